The van der Waals surface area contributed by atoms with Gasteiger partial charge in [-0.2, -0.15) is 0 Å². The van der Waals surface area contributed by atoms with E-state index in [0.29, 0.717) is 18.3 Å². The Morgan fingerprint density at radius 3 is 3.05 bits per heavy atom. The van der Waals surface area contributed by atoms with Gasteiger partial charge in [-0.05, 0) is 67.3 Å². The second-order valence-electron chi connectivity index (χ2n) is 6.41. The maximum atomic E-state index is 10.7. The van der Waals surface area contributed by atoms with Crippen LogP contribution >= 0.6 is 0 Å². The number of rotatable bonds is 4. The Hall–Kier alpha value is -1.19. The van der Waals surface area contributed by atoms with Gasteiger partial charge in [0, 0.05) is 19.5 Å². The van der Waals surface area contributed by atoms with Crippen LogP contribution in [-0.2, 0) is 17.8 Å². The molecule has 3 nitrogen and oxygen atoms in total. The number of hydrogen-bond donors (Lipinski definition) is 2. The highest BCUT2D eigenvalue weighted by Crippen LogP contribution is 2.33. The van der Waals surface area contributed by atoms with Crippen LogP contribution in [0.2, 0.25) is 0 Å². The second kappa shape index (κ2) is 7.19. The first-order valence-electron chi connectivity index (χ1n) is 8.35. The van der Waals surface area contributed by atoms with Gasteiger partial charge in [0.15, 0.2) is 0 Å². The van der Waals surface area contributed by atoms with Gasteiger partial charge in [0.1, 0.15) is 6.29 Å². The Balaban J connectivity index is 1.80. The predicted molar refractivity (Wildman–Crippen MR) is 85.5 cm³/mol. The Morgan fingerprint density at radius 2 is 2.14 bits per heavy atom. The van der Waals surface area contributed by atoms with Crippen molar-refractivity contribution >= 4 is 6.29 Å². The summed E-state index contributed by atoms with van der Waals surface area (Å²) in [5, 5.41) is 7.05. The lowest BCUT2D eigenvalue weighted by atomic mass is 9.78. The number of nitrogens with one attached hydrogen (secondary N) is 2. The summed E-state index contributed by atoms with van der Waals surface area (Å²) in [4.78, 5) is 10.7. The topological polar surface area (TPSA) is 41.1 Å². The minimum absolute atomic E-state index is 0.562. The summed E-state index contributed by atoms with van der Waals surface area (Å²) in [7, 11) is 0. The van der Waals surface area contributed by atoms with Crippen molar-refractivity contribution in [2.45, 2.75) is 44.6 Å². The molecule has 0 radical (unpaired) electrons. The first-order chi connectivity index (χ1) is 10.4. The first-order valence-corrected chi connectivity index (χ1v) is 8.35. The molecule has 0 saturated carbocycles. The number of carbonyl (C=O) groups is 1. The highest BCUT2D eigenvalue weighted by atomic mass is 16.1. The minimum atomic E-state index is 0.562. The molecular weight excluding hydrogens is 260 g/mol. The van der Waals surface area contributed by atoms with E-state index < -0.39 is 0 Å². The van der Waals surface area contributed by atoms with Crippen molar-refractivity contribution in [3.63, 3.8) is 0 Å². The van der Waals surface area contributed by atoms with Crippen LogP contribution in [-0.4, -0.2) is 25.9 Å². The zero-order valence-corrected chi connectivity index (χ0v) is 12.7. The maximum Gasteiger partial charge on any atom is 0.120 e. The molecular formula is C18H26N2O. The maximum absolute atomic E-state index is 10.7. The molecule has 114 valence electrons. The van der Waals surface area contributed by atoms with E-state index in [1.807, 2.05) is 0 Å². The summed E-state index contributed by atoms with van der Waals surface area (Å²) in [5.41, 5.74) is 4.45. The predicted octanol–water partition coefficient (Wildman–Crippen LogP) is 2.39. The first kappa shape index (κ1) is 14.7. The molecule has 3 rings (SSSR count). The molecule has 2 aliphatic heterocycles. The van der Waals surface area contributed by atoms with E-state index in [4.69, 9.17) is 0 Å². The van der Waals surface area contributed by atoms with Crippen LogP contribution in [0.4, 0.5) is 0 Å². The van der Waals surface area contributed by atoms with Gasteiger partial charge in [-0.1, -0.05) is 18.2 Å². The summed E-state index contributed by atoms with van der Waals surface area (Å²) < 4.78 is 0. The fraction of sp³-hybridized carbons (Fsp3) is 0.611. The molecule has 0 bridgehead atoms. The average molecular weight is 286 g/mol. The normalized spacial score (nSPS) is 25.9. The largest absolute Gasteiger partial charge is 0.316 e. The molecule has 2 unspecified atom stereocenters. The lowest BCUT2D eigenvalue weighted by Crippen LogP contribution is -2.35. The smallest absolute Gasteiger partial charge is 0.120 e. The lowest BCUT2D eigenvalue weighted by molar-refractivity contribution is -0.108. The molecule has 0 amide bonds. The molecule has 2 atom stereocenters. The van der Waals surface area contributed by atoms with Crippen LogP contribution in [0.1, 0.15) is 48.3 Å². The third-order valence-corrected chi connectivity index (χ3v) is 5.05. The Labute approximate surface area is 127 Å². The van der Waals surface area contributed by atoms with Crippen molar-refractivity contribution in [2.24, 2.45) is 5.92 Å². The van der Waals surface area contributed by atoms with Crippen LogP contribution in [0.3, 0.4) is 0 Å². The third-order valence-electron chi connectivity index (χ3n) is 5.05. The third kappa shape index (κ3) is 3.53. The SMILES string of the molecule is O=CCCC1CCNCC1c1ccc2c(c1)CNCCC2. The van der Waals surface area contributed by atoms with E-state index in [0.717, 1.165) is 38.9 Å². The molecule has 1 aromatic rings. The number of benzene rings is 1. The molecule has 1 fully saturated rings. The zero-order chi connectivity index (χ0) is 14.5. The van der Waals surface area contributed by atoms with Gasteiger partial charge in [-0.15, -0.1) is 0 Å². The lowest BCUT2D eigenvalue weighted by Gasteiger charge is -2.32. The van der Waals surface area contributed by atoms with E-state index in [1.165, 1.54) is 36.0 Å². The molecule has 2 N–H and O–H groups in total. The fourth-order valence-electron chi connectivity index (χ4n) is 3.84. The molecule has 2 aliphatic rings. The van der Waals surface area contributed by atoms with E-state index in [9.17, 15) is 4.79 Å². The highest BCUT2D eigenvalue weighted by molar-refractivity contribution is 5.49. The zero-order valence-electron chi connectivity index (χ0n) is 12.7. The van der Waals surface area contributed by atoms with Gasteiger partial charge in [0.05, 0.1) is 0 Å². The van der Waals surface area contributed by atoms with Crippen molar-refractivity contribution < 1.29 is 4.79 Å². The van der Waals surface area contributed by atoms with Crippen molar-refractivity contribution in [1.29, 1.82) is 0 Å². The molecule has 21 heavy (non-hydrogen) atoms. The summed E-state index contributed by atoms with van der Waals surface area (Å²) in [6, 6.07) is 7.08. The van der Waals surface area contributed by atoms with Crippen molar-refractivity contribution in [3.8, 4) is 0 Å². The van der Waals surface area contributed by atoms with Gasteiger partial charge in [-0.3, -0.25) is 0 Å². The average Bonchev–Trinajstić information content (AvgIpc) is 2.77. The number of hydrogen-bond acceptors (Lipinski definition) is 3. The van der Waals surface area contributed by atoms with Crippen molar-refractivity contribution in [3.05, 3.63) is 34.9 Å². The molecule has 0 aromatic heterocycles. The van der Waals surface area contributed by atoms with E-state index in [1.54, 1.807) is 0 Å². The van der Waals surface area contributed by atoms with E-state index in [2.05, 4.69) is 28.8 Å². The summed E-state index contributed by atoms with van der Waals surface area (Å²) >= 11 is 0. The summed E-state index contributed by atoms with van der Waals surface area (Å²) in [5.74, 6) is 1.21. The van der Waals surface area contributed by atoms with Crippen molar-refractivity contribution in [2.75, 3.05) is 19.6 Å². The minimum Gasteiger partial charge on any atom is -0.316 e. The molecule has 2 heterocycles. The Kier molecular flexibility index (Phi) is 5.04. The van der Waals surface area contributed by atoms with Crippen LogP contribution in [0.5, 0.6) is 0 Å². The Morgan fingerprint density at radius 1 is 1.19 bits per heavy atom. The number of carbonyl (C=O) groups excluding carboxylic acids is 1. The van der Waals surface area contributed by atoms with Gasteiger partial charge in [0.2, 0.25) is 0 Å². The summed E-state index contributed by atoms with van der Waals surface area (Å²) in [6.45, 7) is 4.27. The monoisotopic (exact) mass is 286 g/mol. The molecule has 1 aromatic carbocycles. The number of aldehydes is 1. The molecule has 0 aliphatic carbocycles. The standard InChI is InChI=1S/C18H26N2O/c21-10-2-4-15-7-9-20-13-18(15)16-6-5-14-3-1-8-19-12-17(14)11-16/h5-6,10-11,15,18-20H,1-4,7-9,12-13H2. The Bertz CT molecular complexity index is 486. The van der Waals surface area contributed by atoms with Crippen LogP contribution in [0.25, 0.3) is 0 Å². The quantitative estimate of drug-likeness (QED) is 0.835. The fourth-order valence-corrected chi connectivity index (χ4v) is 3.84. The van der Waals surface area contributed by atoms with Gasteiger partial charge in [0.25, 0.3) is 0 Å². The molecule has 0 spiro atoms. The molecule has 1 saturated heterocycles. The van der Waals surface area contributed by atoms with Crippen LogP contribution in [0, 0.1) is 5.92 Å². The van der Waals surface area contributed by atoms with Gasteiger partial charge in [-0.25, -0.2) is 0 Å². The van der Waals surface area contributed by atoms with Gasteiger partial charge < -0.3 is 15.4 Å². The van der Waals surface area contributed by atoms with E-state index >= 15 is 0 Å². The number of piperidine rings is 1. The van der Waals surface area contributed by atoms with Gasteiger partial charge >= 0.3 is 0 Å². The van der Waals surface area contributed by atoms with Crippen LogP contribution in [0.15, 0.2) is 18.2 Å². The number of fused-ring (bicyclic) bond motifs is 1. The van der Waals surface area contributed by atoms with Crippen molar-refractivity contribution in [1.82, 2.24) is 10.6 Å². The summed E-state index contributed by atoms with van der Waals surface area (Å²) in [6.07, 6.45) is 6.42. The second-order valence-corrected chi connectivity index (χ2v) is 6.41. The van der Waals surface area contributed by atoms with Crippen LogP contribution < -0.4 is 10.6 Å². The number of aryl methyl sites for hydroxylation is 1. The molecule has 3 heteroatoms. The highest BCUT2D eigenvalue weighted by Gasteiger charge is 2.26. The van der Waals surface area contributed by atoms with E-state index in [-0.39, 0.29) is 0 Å².